The Hall–Kier alpha value is -4.21. The van der Waals surface area contributed by atoms with Gasteiger partial charge in [0.1, 0.15) is 5.75 Å². The quantitative estimate of drug-likeness (QED) is 0.225. The van der Waals surface area contributed by atoms with E-state index in [1.165, 1.54) is 36.5 Å². The number of para-hydroxylation sites is 1. The number of nitrogens with one attached hydrogen (secondary N) is 2. The van der Waals surface area contributed by atoms with Crippen molar-refractivity contribution >= 4 is 29.2 Å². The molecule has 0 radical (unpaired) electrons. The lowest BCUT2D eigenvalue weighted by molar-refractivity contribution is -0.137. The van der Waals surface area contributed by atoms with E-state index < -0.39 is 17.6 Å². The van der Waals surface area contributed by atoms with Crippen molar-refractivity contribution < 1.29 is 23.1 Å². The summed E-state index contributed by atoms with van der Waals surface area (Å²) in [4.78, 5) is 12.1. The van der Waals surface area contributed by atoms with E-state index in [0.29, 0.717) is 0 Å². The van der Waals surface area contributed by atoms with Crippen molar-refractivity contribution in [3.05, 3.63) is 82.9 Å². The normalized spacial score (nSPS) is 11.8. The number of hydrogen-bond acceptors (Lipinski definition) is 6. The number of halogens is 3. The summed E-state index contributed by atoms with van der Waals surface area (Å²) in [5, 5.41) is 24.6. The van der Waals surface area contributed by atoms with Crippen molar-refractivity contribution in [3.63, 3.8) is 0 Å². The highest BCUT2D eigenvalue weighted by Crippen LogP contribution is 2.32. The van der Waals surface area contributed by atoms with Crippen molar-refractivity contribution in [2.24, 2.45) is 15.3 Å². The van der Waals surface area contributed by atoms with Crippen LogP contribution in [-0.4, -0.2) is 23.8 Å². The monoisotopic (exact) mass is 469 g/mol. The number of aromatic hydroxyl groups is 1. The van der Waals surface area contributed by atoms with Crippen LogP contribution in [0.5, 0.6) is 5.75 Å². The topological polar surface area (TPSA) is 98.4 Å². The Bertz CT molecular complexity index is 1220. The number of nitrogens with zero attached hydrogens (tertiary/aromatic N) is 3. The molecule has 10 heteroatoms. The number of azo groups is 1. The Morgan fingerprint density at radius 1 is 0.971 bits per heavy atom. The predicted octanol–water partition coefficient (Wildman–Crippen LogP) is 6.01. The van der Waals surface area contributed by atoms with E-state index in [4.69, 9.17) is 0 Å². The Morgan fingerprint density at radius 3 is 2.29 bits per heavy atom. The van der Waals surface area contributed by atoms with E-state index >= 15 is 0 Å². The van der Waals surface area contributed by atoms with Crippen molar-refractivity contribution in [2.75, 3.05) is 11.9 Å². The minimum Gasteiger partial charge on any atom is -0.507 e. The lowest BCUT2D eigenvalue weighted by atomic mass is 10.1. The Kier molecular flexibility index (Phi) is 7.62. The third kappa shape index (κ3) is 6.64. The van der Waals surface area contributed by atoms with Gasteiger partial charge in [0, 0.05) is 11.3 Å². The molecule has 0 aromatic heterocycles. The molecule has 34 heavy (non-hydrogen) atoms. The summed E-state index contributed by atoms with van der Waals surface area (Å²) in [7, 11) is 0. The van der Waals surface area contributed by atoms with E-state index in [2.05, 4.69) is 26.1 Å². The number of carbonyl (C=O) groups is 1. The molecule has 0 saturated heterocycles. The summed E-state index contributed by atoms with van der Waals surface area (Å²) in [6, 6.07) is 14.5. The number of anilines is 1. The molecule has 0 fully saturated rings. The molecule has 3 N–H and O–H groups in total. The second-order valence-corrected chi connectivity index (χ2v) is 7.40. The Labute approximate surface area is 194 Å². The van der Waals surface area contributed by atoms with Crippen LogP contribution in [0.1, 0.15) is 22.3 Å². The number of rotatable bonds is 7. The molecule has 7 nitrogen and oxygen atoms in total. The molecule has 0 aliphatic heterocycles. The molecule has 0 heterocycles. The zero-order valence-corrected chi connectivity index (χ0v) is 18.4. The third-order valence-corrected chi connectivity index (χ3v) is 4.77. The summed E-state index contributed by atoms with van der Waals surface area (Å²) in [5.41, 5.74) is 4.98. The minimum absolute atomic E-state index is 0.000256. The van der Waals surface area contributed by atoms with Crippen molar-refractivity contribution in [1.82, 2.24) is 5.43 Å². The maximum absolute atomic E-state index is 12.8. The molecule has 3 rings (SSSR count). The number of alkyl halides is 3. The largest absolute Gasteiger partial charge is 0.507 e. The molecule has 0 saturated carbocycles. The van der Waals surface area contributed by atoms with Crippen LogP contribution in [0, 0.1) is 13.8 Å². The van der Waals surface area contributed by atoms with Crippen LogP contribution in [0.3, 0.4) is 0 Å². The molecule has 0 unspecified atom stereocenters. The number of amides is 1. The van der Waals surface area contributed by atoms with E-state index in [0.717, 1.165) is 28.9 Å². The van der Waals surface area contributed by atoms with Gasteiger partial charge in [0.25, 0.3) is 5.91 Å². The van der Waals surface area contributed by atoms with Crippen LogP contribution >= 0.6 is 0 Å². The number of phenols is 1. The second-order valence-electron chi connectivity index (χ2n) is 7.40. The first-order valence-electron chi connectivity index (χ1n) is 10.2. The predicted molar refractivity (Wildman–Crippen MR) is 124 cm³/mol. The molecule has 0 bridgehead atoms. The number of aryl methyl sites for hydroxylation is 2. The second kappa shape index (κ2) is 10.6. The first-order valence-corrected chi connectivity index (χ1v) is 10.2. The summed E-state index contributed by atoms with van der Waals surface area (Å²) >= 11 is 0. The third-order valence-electron chi connectivity index (χ3n) is 4.77. The number of benzene rings is 3. The lowest BCUT2D eigenvalue weighted by Gasteiger charge is -2.11. The van der Waals surface area contributed by atoms with Crippen LogP contribution in [0.25, 0.3) is 0 Å². The van der Waals surface area contributed by atoms with Gasteiger partial charge in [0.15, 0.2) is 0 Å². The van der Waals surface area contributed by atoms with Crippen LogP contribution < -0.4 is 10.7 Å². The van der Waals surface area contributed by atoms with Crippen molar-refractivity contribution in [2.45, 2.75) is 20.0 Å². The Balaban J connectivity index is 1.62. The molecule has 0 atom stereocenters. The van der Waals surface area contributed by atoms with Gasteiger partial charge in [-0.05, 0) is 61.4 Å². The van der Waals surface area contributed by atoms with Crippen molar-refractivity contribution in [1.29, 1.82) is 0 Å². The zero-order chi connectivity index (χ0) is 24.7. The maximum atomic E-state index is 12.8. The standard InChI is InChI=1S/C24H22F3N5O2/c1-15-5-3-6-16(2)23(15)28-14-22(34)32-29-13-17-11-20(9-10-21(17)33)31-30-19-8-4-7-18(12-19)24(25,26)27/h3-13,28,33H,14H2,1-2H3,(H,32,34)/b29-13+,31-30?. The molecule has 0 aliphatic rings. The van der Waals surface area contributed by atoms with Crippen LogP contribution in [0.15, 0.2) is 76.0 Å². The van der Waals surface area contributed by atoms with Crippen LogP contribution in [0.4, 0.5) is 30.2 Å². The highest BCUT2D eigenvalue weighted by atomic mass is 19.4. The molecular weight excluding hydrogens is 447 g/mol. The molecule has 1 amide bonds. The summed E-state index contributed by atoms with van der Waals surface area (Å²) in [6.45, 7) is 3.87. The summed E-state index contributed by atoms with van der Waals surface area (Å²) in [6.07, 6.45) is -3.25. The number of hydrazone groups is 1. The summed E-state index contributed by atoms with van der Waals surface area (Å²) in [5.74, 6) is -0.511. The molecule has 3 aromatic rings. The zero-order valence-electron chi connectivity index (χ0n) is 18.4. The van der Waals surface area contributed by atoms with Gasteiger partial charge in [-0.2, -0.15) is 28.5 Å². The van der Waals surface area contributed by atoms with E-state index in [1.54, 1.807) is 0 Å². The van der Waals surface area contributed by atoms with Gasteiger partial charge in [-0.3, -0.25) is 4.79 Å². The number of hydrogen-bond donors (Lipinski definition) is 3. The van der Waals surface area contributed by atoms with Crippen LogP contribution in [-0.2, 0) is 11.0 Å². The van der Waals surface area contributed by atoms with Crippen molar-refractivity contribution in [3.8, 4) is 5.75 Å². The Morgan fingerprint density at radius 2 is 1.62 bits per heavy atom. The molecule has 0 aliphatic carbocycles. The molecule has 3 aromatic carbocycles. The smallest absolute Gasteiger partial charge is 0.416 e. The lowest BCUT2D eigenvalue weighted by Crippen LogP contribution is -2.26. The van der Waals surface area contributed by atoms with Gasteiger partial charge in [0.2, 0.25) is 0 Å². The van der Waals surface area contributed by atoms with E-state index in [9.17, 15) is 23.1 Å². The number of carbonyl (C=O) groups excluding carboxylic acids is 1. The van der Waals surface area contributed by atoms with Crippen LogP contribution in [0.2, 0.25) is 0 Å². The van der Waals surface area contributed by atoms with Gasteiger partial charge >= 0.3 is 6.18 Å². The first kappa shape index (κ1) is 24.4. The average Bonchev–Trinajstić information content (AvgIpc) is 2.78. The fraction of sp³-hybridized carbons (Fsp3) is 0.167. The molecule has 176 valence electrons. The maximum Gasteiger partial charge on any atom is 0.416 e. The fourth-order valence-corrected chi connectivity index (χ4v) is 3.04. The van der Waals surface area contributed by atoms with Gasteiger partial charge in [-0.1, -0.05) is 24.3 Å². The molecular formula is C24H22F3N5O2. The molecule has 0 spiro atoms. The van der Waals surface area contributed by atoms with E-state index in [-0.39, 0.29) is 29.2 Å². The minimum atomic E-state index is -4.48. The first-order chi connectivity index (χ1) is 16.1. The van der Waals surface area contributed by atoms with Gasteiger partial charge in [0.05, 0.1) is 29.7 Å². The van der Waals surface area contributed by atoms with Gasteiger partial charge < -0.3 is 10.4 Å². The SMILES string of the molecule is Cc1cccc(C)c1NCC(=O)N/N=C/c1cc(N=Nc2cccc(C(F)(F)F)c2)ccc1O. The number of phenolic OH excluding ortho intramolecular Hbond substituents is 1. The average molecular weight is 469 g/mol. The summed E-state index contributed by atoms with van der Waals surface area (Å²) < 4.78 is 38.5. The highest BCUT2D eigenvalue weighted by molar-refractivity contribution is 5.87. The van der Waals surface area contributed by atoms with E-state index in [1.807, 2.05) is 32.0 Å². The highest BCUT2D eigenvalue weighted by Gasteiger charge is 2.30. The van der Waals surface area contributed by atoms with Gasteiger partial charge in [-0.15, -0.1) is 0 Å². The fourth-order valence-electron chi connectivity index (χ4n) is 3.04. The van der Waals surface area contributed by atoms with Gasteiger partial charge in [-0.25, -0.2) is 5.43 Å².